The van der Waals surface area contributed by atoms with Crippen molar-refractivity contribution in [1.29, 1.82) is 0 Å². The molecule has 0 saturated carbocycles. The molecule has 1 aromatic carbocycles. The van der Waals surface area contributed by atoms with E-state index in [1.807, 2.05) is 12.3 Å². The van der Waals surface area contributed by atoms with Gasteiger partial charge in [0.1, 0.15) is 0 Å². The van der Waals surface area contributed by atoms with Crippen LogP contribution in [0, 0.1) is 10.1 Å². The molecule has 0 spiro atoms. The molecule has 6 nitrogen and oxygen atoms in total. The fourth-order valence-corrected chi connectivity index (χ4v) is 2.08. The van der Waals surface area contributed by atoms with Crippen LogP contribution in [0.15, 0.2) is 30.5 Å². The first-order valence-corrected chi connectivity index (χ1v) is 6.52. The maximum absolute atomic E-state index is 10.7. The van der Waals surface area contributed by atoms with Crippen LogP contribution < -0.4 is 0 Å². The second-order valence-corrected chi connectivity index (χ2v) is 4.47. The average molecular weight is 278 g/mol. The molecule has 0 aliphatic heterocycles. The molecule has 1 heterocycles. The number of non-ortho nitro benzene ring substituents is 1. The minimum absolute atomic E-state index is 0.123. The fraction of sp³-hybridized carbons (Fsp3) is 0.429. The highest BCUT2D eigenvalue weighted by molar-refractivity contribution is 5.82. The van der Waals surface area contributed by atoms with E-state index in [0.29, 0.717) is 19.8 Å². The lowest BCUT2D eigenvalue weighted by atomic mass is 10.2. The van der Waals surface area contributed by atoms with Gasteiger partial charge in [-0.25, -0.2) is 0 Å². The number of benzene rings is 1. The van der Waals surface area contributed by atoms with Gasteiger partial charge in [-0.3, -0.25) is 10.1 Å². The number of nitro benzene ring substituents is 1. The number of hydrogen-bond donors (Lipinski definition) is 0. The summed E-state index contributed by atoms with van der Waals surface area (Å²) in [6.07, 6.45) is 2.84. The van der Waals surface area contributed by atoms with Gasteiger partial charge in [0.15, 0.2) is 0 Å². The minimum atomic E-state index is -0.375. The highest BCUT2D eigenvalue weighted by atomic mass is 16.6. The molecule has 0 atom stereocenters. The van der Waals surface area contributed by atoms with Crippen molar-refractivity contribution < 1.29 is 14.4 Å². The van der Waals surface area contributed by atoms with Gasteiger partial charge in [-0.2, -0.15) is 0 Å². The molecule has 20 heavy (non-hydrogen) atoms. The van der Waals surface area contributed by atoms with Gasteiger partial charge in [-0.15, -0.1) is 0 Å². The quantitative estimate of drug-likeness (QED) is 0.423. The summed E-state index contributed by atoms with van der Waals surface area (Å²) < 4.78 is 12.4. The second-order valence-electron chi connectivity index (χ2n) is 4.47. The van der Waals surface area contributed by atoms with Crippen molar-refractivity contribution >= 4 is 16.6 Å². The average Bonchev–Trinajstić information content (AvgIpc) is 2.85. The third kappa shape index (κ3) is 3.55. The van der Waals surface area contributed by atoms with Gasteiger partial charge in [0, 0.05) is 49.5 Å². The molecular formula is C14H18N2O4. The number of aryl methyl sites for hydroxylation is 1. The van der Waals surface area contributed by atoms with Crippen molar-refractivity contribution in [3.63, 3.8) is 0 Å². The summed E-state index contributed by atoms with van der Waals surface area (Å²) in [5.74, 6) is 0. The van der Waals surface area contributed by atoms with Crippen LogP contribution in [0.2, 0.25) is 0 Å². The van der Waals surface area contributed by atoms with Crippen LogP contribution in [0.4, 0.5) is 5.69 Å². The van der Waals surface area contributed by atoms with Gasteiger partial charge in [-0.05, 0) is 18.6 Å². The third-order valence-electron chi connectivity index (χ3n) is 3.08. The number of aromatic nitrogens is 1. The van der Waals surface area contributed by atoms with Crippen LogP contribution in [-0.2, 0) is 16.0 Å². The molecule has 2 aromatic rings. The SMILES string of the molecule is COCCOCCCn1ccc2cc([N+](=O)[O-])ccc21. The molecule has 0 bridgehead atoms. The van der Waals surface area contributed by atoms with E-state index in [4.69, 9.17) is 9.47 Å². The molecule has 108 valence electrons. The Morgan fingerprint density at radius 1 is 1.25 bits per heavy atom. The van der Waals surface area contributed by atoms with Gasteiger partial charge in [0.05, 0.1) is 18.1 Å². The number of methoxy groups -OCH3 is 1. The highest BCUT2D eigenvalue weighted by Gasteiger charge is 2.08. The minimum Gasteiger partial charge on any atom is -0.382 e. The van der Waals surface area contributed by atoms with Gasteiger partial charge in [0.2, 0.25) is 0 Å². The van der Waals surface area contributed by atoms with Gasteiger partial charge < -0.3 is 14.0 Å². The molecule has 2 rings (SSSR count). The molecule has 0 N–H and O–H groups in total. The summed E-state index contributed by atoms with van der Waals surface area (Å²) >= 11 is 0. The van der Waals surface area contributed by atoms with Crippen LogP contribution >= 0.6 is 0 Å². The fourth-order valence-electron chi connectivity index (χ4n) is 2.08. The van der Waals surface area contributed by atoms with Crippen molar-refractivity contribution in [2.75, 3.05) is 26.9 Å². The largest absolute Gasteiger partial charge is 0.382 e. The molecule has 0 aliphatic rings. The van der Waals surface area contributed by atoms with Crippen LogP contribution in [0.1, 0.15) is 6.42 Å². The van der Waals surface area contributed by atoms with E-state index in [9.17, 15) is 10.1 Å². The first-order valence-electron chi connectivity index (χ1n) is 6.52. The van der Waals surface area contributed by atoms with Crippen LogP contribution in [-0.4, -0.2) is 36.4 Å². The predicted octanol–water partition coefficient (Wildman–Crippen LogP) is 2.60. The van der Waals surface area contributed by atoms with Crippen molar-refractivity contribution in [3.8, 4) is 0 Å². The zero-order valence-electron chi connectivity index (χ0n) is 11.4. The van der Waals surface area contributed by atoms with Crippen molar-refractivity contribution in [2.24, 2.45) is 0 Å². The van der Waals surface area contributed by atoms with Crippen LogP contribution in [0.3, 0.4) is 0 Å². The molecule has 0 unspecified atom stereocenters. The van der Waals surface area contributed by atoms with Crippen molar-refractivity contribution in [2.45, 2.75) is 13.0 Å². The second kappa shape index (κ2) is 7.02. The standard InChI is InChI=1S/C14H18N2O4/c1-19-9-10-20-8-2-6-15-7-5-12-11-13(16(17)18)3-4-14(12)15/h3-5,7,11H,2,6,8-10H2,1H3. The zero-order chi connectivity index (χ0) is 14.4. The Balaban J connectivity index is 1.92. The number of ether oxygens (including phenoxy) is 2. The molecule has 0 amide bonds. The summed E-state index contributed by atoms with van der Waals surface area (Å²) in [6.45, 7) is 2.72. The summed E-state index contributed by atoms with van der Waals surface area (Å²) in [4.78, 5) is 10.3. The van der Waals surface area contributed by atoms with E-state index >= 15 is 0 Å². The maximum atomic E-state index is 10.7. The first kappa shape index (κ1) is 14.5. The summed E-state index contributed by atoms with van der Waals surface area (Å²) in [5.41, 5.74) is 1.13. The number of nitro groups is 1. The monoisotopic (exact) mass is 278 g/mol. The van der Waals surface area contributed by atoms with E-state index in [1.54, 1.807) is 19.2 Å². The molecular weight excluding hydrogens is 260 g/mol. The Labute approximate surface area is 117 Å². The lowest BCUT2D eigenvalue weighted by molar-refractivity contribution is -0.384. The molecule has 0 aliphatic carbocycles. The lowest BCUT2D eigenvalue weighted by Crippen LogP contribution is -2.05. The molecule has 6 heteroatoms. The Morgan fingerprint density at radius 2 is 2.10 bits per heavy atom. The molecule has 0 saturated heterocycles. The first-order chi connectivity index (χ1) is 9.72. The number of hydrogen-bond acceptors (Lipinski definition) is 4. The normalized spacial score (nSPS) is 11.1. The van der Waals surface area contributed by atoms with Crippen molar-refractivity contribution in [1.82, 2.24) is 4.57 Å². The number of nitrogens with zero attached hydrogens (tertiary/aromatic N) is 2. The summed E-state index contributed by atoms with van der Waals surface area (Å²) in [7, 11) is 1.65. The Kier molecular flexibility index (Phi) is 5.09. The Morgan fingerprint density at radius 3 is 2.85 bits per heavy atom. The van der Waals surface area contributed by atoms with Crippen LogP contribution in [0.25, 0.3) is 10.9 Å². The number of fused-ring (bicyclic) bond motifs is 1. The van der Waals surface area contributed by atoms with E-state index in [1.165, 1.54) is 6.07 Å². The van der Waals surface area contributed by atoms with Crippen LogP contribution in [0.5, 0.6) is 0 Å². The lowest BCUT2D eigenvalue weighted by Gasteiger charge is -2.06. The summed E-state index contributed by atoms with van der Waals surface area (Å²) in [5, 5.41) is 11.6. The Hall–Kier alpha value is -1.92. The predicted molar refractivity (Wildman–Crippen MR) is 75.9 cm³/mol. The zero-order valence-corrected chi connectivity index (χ0v) is 11.4. The molecule has 0 fully saturated rings. The Bertz CT molecular complexity index is 580. The topological polar surface area (TPSA) is 66.5 Å². The maximum Gasteiger partial charge on any atom is 0.270 e. The van der Waals surface area contributed by atoms with E-state index in [2.05, 4.69) is 4.57 Å². The van der Waals surface area contributed by atoms with Crippen molar-refractivity contribution in [3.05, 3.63) is 40.6 Å². The summed E-state index contributed by atoms with van der Waals surface area (Å²) in [6, 6.07) is 6.82. The third-order valence-corrected chi connectivity index (χ3v) is 3.08. The molecule has 1 aromatic heterocycles. The van der Waals surface area contributed by atoms with E-state index in [0.717, 1.165) is 23.9 Å². The van der Waals surface area contributed by atoms with E-state index < -0.39 is 0 Å². The highest BCUT2D eigenvalue weighted by Crippen LogP contribution is 2.22. The van der Waals surface area contributed by atoms with E-state index in [-0.39, 0.29) is 10.6 Å². The smallest absolute Gasteiger partial charge is 0.270 e. The number of rotatable bonds is 8. The van der Waals surface area contributed by atoms with Gasteiger partial charge in [-0.1, -0.05) is 0 Å². The van der Waals surface area contributed by atoms with Gasteiger partial charge in [0.25, 0.3) is 5.69 Å². The van der Waals surface area contributed by atoms with Gasteiger partial charge >= 0.3 is 0 Å². The molecule has 0 radical (unpaired) electrons.